The van der Waals surface area contributed by atoms with Crippen LogP contribution in [-0.2, 0) is 19.9 Å². The lowest BCUT2D eigenvalue weighted by Gasteiger charge is -2.52. The molecule has 1 saturated carbocycles. The van der Waals surface area contributed by atoms with Crippen molar-refractivity contribution in [1.82, 2.24) is 0 Å². The SMILES string of the molecule is COc1cc(OC)c(OCCC[N+]23CCC(CC2)[C@@H](OC(=O)[C@](O)(c2cccs2)C2CCCC2)C3)c(OC)c1.O=C([O-])C(F)(F)F. The Morgan fingerprint density at radius 2 is 1.63 bits per heavy atom. The molecule has 46 heavy (non-hydrogen) atoms. The number of aliphatic hydroxyl groups is 1. The molecule has 4 aliphatic rings. The van der Waals surface area contributed by atoms with E-state index in [1.165, 1.54) is 11.3 Å². The molecule has 0 unspecified atom stereocenters. The van der Waals surface area contributed by atoms with Crippen LogP contribution in [0, 0.1) is 11.8 Å². The third-order valence-corrected chi connectivity index (χ3v) is 10.4. The zero-order valence-electron chi connectivity index (χ0n) is 26.3. The highest BCUT2D eigenvalue weighted by Crippen LogP contribution is 2.45. The summed E-state index contributed by atoms with van der Waals surface area (Å²) >= 11 is 1.45. The summed E-state index contributed by atoms with van der Waals surface area (Å²) in [5, 5.41) is 22.5. The van der Waals surface area contributed by atoms with E-state index >= 15 is 0 Å². The summed E-state index contributed by atoms with van der Waals surface area (Å²) in [5.74, 6) is -0.793. The lowest BCUT2D eigenvalue weighted by molar-refractivity contribution is -0.946. The molecule has 0 amide bonds. The Balaban J connectivity index is 0.000000617. The van der Waals surface area contributed by atoms with Crippen molar-refractivity contribution in [1.29, 1.82) is 0 Å². The molecule has 10 nitrogen and oxygen atoms in total. The fraction of sp³-hybridized carbons (Fsp3) is 0.625. The number of esters is 1. The van der Waals surface area contributed by atoms with Crippen molar-refractivity contribution >= 4 is 23.3 Å². The number of methoxy groups -OCH3 is 3. The molecule has 1 aromatic heterocycles. The number of quaternary nitrogens is 1. The summed E-state index contributed by atoms with van der Waals surface area (Å²) in [6.07, 6.45) is 1.41. The second-order valence-electron chi connectivity index (χ2n) is 12.0. The number of fused-ring (bicyclic) bond motifs is 3. The summed E-state index contributed by atoms with van der Waals surface area (Å²) in [7, 11) is 4.81. The van der Waals surface area contributed by atoms with Gasteiger partial charge in [0.05, 0.1) is 47.6 Å². The van der Waals surface area contributed by atoms with Crippen molar-refractivity contribution < 1.29 is 61.1 Å². The smallest absolute Gasteiger partial charge is 0.430 e. The molecule has 4 fully saturated rings. The van der Waals surface area contributed by atoms with Crippen molar-refractivity contribution in [2.24, 2.45) is 11.8 Å². The quantitative estimate of drug-likeness (QED) is 0.202. The Kier molecular flexibility index (Phi) is 11.7. The highest BCUT2D eigenvalue weighted by molar-refractivity contribution is 7.10. The maximum absolute atomic E-state index is 13.7. The predicted molar refractivity (Wildman–Crippen MR) is 160 cm³/mol. The van der Waals surface area contributed by atoms with E-state index in [1.807, 2.05) is 17.5 Å². The molecular weight excluding hydrogens is 631 g/mol. The molecule has 1 aromatic carbocycles. The van der Waals surface area contributed by atoms with Crippen molar-refractivity contribution in [3.63, 3.8) is 0 Å². The van der Waals surface area contributed by atoms with E-state index in [-0.39, 0.29) is 12.0 Å². The zero-order chi connectivity index (χ0) is 33.5. The van der Waals surface area contributed by atoms with Gasteiger partial charge in [-0.2, -0.15) is 13.2 Å². The molecule has 1 N–H and O–H groups in total. The molecule has 4 heterocycles. The zero-order valence-corrected chi connectivity index (χ0v) is 27.1. The number of carboxylic acids is 1. The Morgan fingerprint density at radius 1 is 1.02 bits per heavy atom. The van der Waals surface area contributed by atoms with Crippen molar-refractivity contribution in [3.8, 4) is 23.0 Å². The number of nitrogens with zero attached hydrogens (tertiary/aromatic N) is 1. The summed E-state index contributed by atoms with van der Waals surface area (Å²) in [4.78, 5) is 23.2. The van der Waals surface area contributed by atoms with Crippen LogP contribution in [-0.4, -0.2) is 87.9 Å². The Morgan fingerprint density at radius 3 is 2.13 bits per heavy atom. The van der Waals surface area contributed by atoms with E-state index in [9.17, 15) is 23.1 Å². The van der Waals surface area contributed by atoms with Crippen LogP contribution in [0.5, 0.6) is 23.0 Å². The van der Waals surface area contributed by atoms with E-state index in [0.717, 1.165) is 75.6 Å². The van der Waals surface area contributed by atoms with Crippen LogP contribution in [0.15, 0.2) is 29.6 Å². The molecule has 0 radical (unpaired) electrons. The number of carbonyl (C=O) groups is 2. The molecule has 2 atom stereocenters. The molecule has 14 heteroatoms. The van der Waals surface area contributed by atoms with Crippen LogP contribution in [0.1, 0.15) is 49.8 Å². The van der Waals surface area contributed by atoms with Crippen LogP contribution in [0.25, 0.3) is 0 Å². The Bertz CT molecular complexity index is 1280. The van der Waals surface area contributed by atoms with Gasteiger partial charge in [0.25, 0.3) is 0 Å². The molecule has 256 valence electrons. The number of benzene rings is 1. The van der Waals surface area contributed by atoms with Crippen LogP contribution in [0.2, 0.25) is 0 Å². The van der Waals surface area contributed by atoms with Gasteiger partial charge in [0.2, 0.25) is 5.75 Å². The van der Waals surface area contributed by atoms with Crippen LogP contribution >= 0.6 is 11.3 Å². The molecule has 1 aliphatic carbocycles. The first-order valence-corrected chi connectivity index (χ1v) is 16.3. The van der Waals surface area contributed by atoms with Crippen LogP contribution < -0.4 is 24.1 Å². The minimum absolute atomic E-state index is 0.0723. The van der Waals surface area contributed by atoms with Gasteiger partial charge in [-0.15, -0.1) is 11.3 Å². The molecule has 0 spiro atoms. The lowest BCUT2D eigenvalue weighted by atomic mass is 9.82. The number of rotatable bonds is 12. The highest BCUT2D eigenvalue weighted by atomic mass is 32.1. The van der Waals surface area contributed by atoms with Crippen molar-refractivity contribution in [3.05, 3.63) is 34.5 Å². The van der Waals surface area contributed by atoms with Crippen LogP contribution in [0.3, 0.4) is 0 Å². The number of piperidine rings is 3. The molecule has 2 aromatic rings. The second-order valence-corrected chi connectivity index (χ2v) is 13.0. The lowest BCUT2D eigenvalue weighted by Crippen LogP contribution is -2.65. The topological polar surface area (TPSA) is 124 Å². The summed E-state index contributed by atoms with van der Waals surface area (Å²) in [6, 6.07) is 7.36. The fourth-order valence-electron chi connectivity index (χ4n) is 6.89. The van der Waals surface area contributed by atoms with Gasteiger partial charge in [-0.25, -0.2) is 4.79 Å². The average molecular weight is 674 g/mol. The van der Waals surface area contributed by atoms with E-state index in [1.54, 1.807) is 33.5 Å². The summed E-state index contributed by atoms with van der Waals surface area (Å²) < 4.78 is 61.2. The van der Waals surface area contributed by atoms with Crippen LogP contribution in [0.4, 0.5) is 13.2 Å². The first kappa shape index (κ1) is 35.6. The number of hydrogen-bond donors (Lipinski definition) is 1. The van der Waals surface area contributed by atoms with E-state index in [4.69, 9.17) is 33.6 Å². The van der Waals surface area contributed by atoms with Gasteiger partial charge in [0.15, 0.2) is 23.2 Å². The van der Waals surface area contributed by atoms with E-state index in [2.05, 4.69) is 0 Å². The number of hydrogen-bond acceptors (Lipinski definition) is 10. The Labute approximate surface area is 270 Å². The maximum atomic E-state index is 13.7. The van der Waals surface area contributed by atoms with Gasteiger partial charge >= 0.3 is 12.1 Å². The molecular formula is C32H42F3NO9S. The largest absolute Gasteiger partial charge is 0.542 e. The number of alkyl halides is 3. The van der Waals surface area contributed by atoms with Gasteiger partial charge in [-0.05, 0) is 24.3 Å². The number of aliphatic carboxylic acids is 1. The number of ether oxygens (including phenoxy) is 5. The van der Waals surface area contributed by atoms with E-state index < -0.39 is 23.7 Å². The highest BCUT2D eigenvalue weighted by Gasteiger charge is 2.53. The van der Waals surface area contributed by atoms with Gasteiger partial charge in [-0.1, -0.05) is 18.9 Å². The minimum Gasteiger partial charge on any atom is -0.542 e. The molecule has 3 saturated heterocycles. The average Bonchev–Trinajstić information content (AvgIpc) is 3.79. The number of halogens is 3. The Hall–Kier alpha value is -3.23. The van der Waals surface area contributed by atoms with Gasteiger partial charge < -0.3 is 43.2 Å². The fourth-order valence-corrected chi connectivity index (χ4v) is 7.78. The van der Waals surface area contributed by atoms with Gasteiger partial charge in [0.1, 0.15) is 18.3 Å². The van der Waals surface area contributed by atoms with Gasteiger partial charge in [-0.3, -0.25) is 0 Å². The van der Waals surface area contributed by atoms with Crippen molar-refractivity contribution in [2.75, 3.05) is 54.1 Å². The maximum Gasteiger partial charge on any atom is 0.430 e. The third kappa shape index (κ3) is 8.00. The predicted octanol–water partition coefficient (Wildman–Crippen LogP) is 4.07. The van der Waals surface area contributed by atoms with Crippen molar-refractivity contribution in [2.45, 2.75) is 62.8 Å². The molecule has 3 aliphatic heterocycles. The van der Waals surface area contributed by atoms with Gasteiger partial charge in [0, 0.05) is 48.1 Å². The monoisotopic (exact) mass is 673 g/mol. The first-order valence-electron chi connectivity index (χ1n) is 15.4. The number of carbonyl (C=O) groups excluding carboxylic acids is 2. The first-order chi connectivity index (χ1) is 21.9. The number of carboxylic acid groups (broad SMARTS) is 1. The third-order valence-electron chi connectivity index (χ3n) is 9.38. The standard InChI is InChI=1S/C30H42NO7S.C2HF3O2/c1-34-23-18-24(35-2)28(25(19-23)36-3)37-16-7-13-31-14-11-21(12-15-31)26(20-31)38-29(32)30(33,22-8-4-5-9-22)27-10-6-17-39-27;3-2(4,5)1(6)7/h6,10,17-19,21-22,26,33H,4-5,7-9,11-16,20H2,1-3H3;(H,6,7)/q+1;/p-1/t21?,26-,30+,31?;/m0./s1. The summed E-state index contributed by atoms with van der Waals surface area (Å²) in [5.41, 5.74) is -1.54. The van der Waals surface area contributed by atoms with E-state index in [0.29, 0.717) is 40.4 Å². The second kappa shape index (κ2) is 15.1. The number of thiophene rings is 1. The normalized spacial score (nSPS) is 23.9. The minimum atomic E-state index is -5.19. The summed E-state index contributed by atoms with van der Waals surface area (Å²) in [6.45, 7) is 4.44. The molecule has 6 rings (SSSR count). The molecule has 2 bridgehead atoms.